The first-order valence-corrected chi connectivity index (χ1v) is 19.6. The molecule has 0 aliphatic carbocycles. The number of hydrogen-bond acceptors (Lipinski definition) is 8. The van der Waals surface area contributed by atoms with E-state index in [0.29, 0.717) is 6.42 Å². The fourth-order valence-electron chi connectivity index (χ4n) is 6.09. The molecule has 1 saturated heterocycles. The summed E-state index contributed by atoms with van der Waals surface area (Å²) in [5.74, 6) is -0.196. The van der Waals surface area contributed by atoms with E-state index >= 15 is 0 Å². The molecule has 48 heavy (non-hydrogen) atoms. The fraction of sp³-hybridized carbons (Fsp3) is 0.872. The summed E-state index contributed by atoms with van der Waals surface area (Å²) in [5, 5.41) is 53.7. The molecule has 9 heteroatoms. The van der Waals surface area contributed by atoms with Gasteiger partial charge in [-0.1, -0.05) is 160 Å². The van der Waals surface area contributed by atoms with E-state index in [1.807, 2.05) is 6.08 Å². The number of allylic oxidation sites excluding steroid dienone is 3. The first-order chi connectivity index (χ1) is 23.3. The smallest absolute Gasteiger partial charge is 0.220 e. The Bertz CT molecular complexity index is 807. The molecule has 1 rings (SSSR count). The Hall–Kier alpha value is -1.33. The molecule has 0 saturated carbocycles. The number of aliphatic hydroxyl groups is 5. The van der Waals surface area contributed by atoms with Crippen LogP contribution < -0.4 is 5.32 Å². The third-order valence-corrected chi connectivity index (χ3v) is 9.33. The fourth-order valence-corrected chi connectivity index (χ4v) is 6.09. The summed E-state index contributed by atoms with van der Waals surface area (Å²) in [6.45, 7) is 3.68. The standard InChI is InChI=1S/C39H73NO8/c1-3-5-7-9-11-13-14-15-16-17-18-19-21-23-25-27-29-35(43)40-32(33(42)28-26-24-22-20-12-10-8-6-4-2)31-47-39-38(46)37(45)36(44)34(30-41)48-39/h22,24,26,28,32-34,36-39,41-42,44-46H,3-21,23,25,27,29-31H2,1-2H3,(H,40,43)/b24-22+,28-26+/t32-,33+,34-,36-,37?,38?,39-/m0/s1. The maximum atomic E-state index is 12.8. The molecule has 7 atom stereocenters. The first-order valence-electron chi connectivity index (χ1n) is 19.6. The monoisotopic (exact) mass is 684 g/mol. The summed E-state index contributed by atoms with van der Waals surface area (Å²) >= 11 is 0. The summed E-state index contributed by atoms with van der Waals surface area (Å²) in [5.41, 5.74) is 0. The van der Waals surface area contributed by atoms with Crippen LogP contribution in [0, 0.1) is 0 Å². The minimum Gasteiger partial charge on any atom is -0.394 e. The van der Waals surface area contributed by atoms with Gasteiger partial charge in [0.25, 0.3) is 0 Å². The summed E-state index contributed by atoms with van der Waals surface area (Å²) in [6, 6.07) is -0.829. The number of unbranched alkanes of at least 4 members (excludes halogenated alkanes) is 20. The topological polar surface area (TPSA) is 149 Å². The molecule has 1 fully saturated rings. The number of carbonyl (C=O) groups excluding carboxylic acids is 1. The quantitative estimate of drug-likeness (QED) is 0.0346. The highest BCUT2D eigenvalue weighted by molar-refractivity contribution is 5.76. The Morgan fingerprint density at radius 3 is 1.73 bits per heavy atom. The van der Waals surface area contributed by atoms with Crippen LogP contribution in [0.5, 0.6) is 0 Å². The lowest BCUT2D eigenvalue weighted by Crippen LogP contribution is -2.60. The van der Waals surface area contributed by atoms with Crippen LogP contribution in [0.1, 0.15) is 162 Å². The maximum Gasteiger partial charge on any atom is 0.220 e. The van der Waals surface area contributed by atoms with Gasteiger partial charge in [-0.2, -0.15) is 0 Å². The molecule has 2 unspecified atom stereocenters. The highest BCUT2D eigenvalue weighted by atomic mass is 16.7. The van der Waals surface area contributed by atoms with Crippen LogP contribution in [-0.4, -0.2) is 87.5 Å². The van der Waals surface area contributed by atoms with Gasteiger partial charge in [0.1, 0.15) is 24.4 Å². The first kappa shape index (κ1) is 44.7. The lowest BCUT2D eigenvalue weighted by Gasteiger charge is -2.40. The van der Waals surface area contributed by atoms with Crippen molar-refractivity contribution in [3.63, 3.8) is 0 Å². The predicted octanol–water partition coefficient (Wildman–Crippen LogP) is 6.77. The number of ether oxygens (including phenoxy) is 2. The van der Waals surface area contributed by atoms with Crippen molar-refractivity contribution < 1.29 is 39.8 Å². The zero-order chi connectivity index (χ0) is 35.2. The molecule has 0 aromatic rings. The molecular weight excluding hydrogens is 610 g/mol. The van der Waals surface area contributed by atoms with E-state index in [-0.39, 0.29) is 12.5 Å². The van der Waals surface area contributed by atoms with E-state index < -0.39 is 49.5 Å². The SMILES string of the molecule is CCCCCCC/C=C/C=C/[C@@H](O)[C@H](CO[C@H]1O[C@@H](CO)[C@H](O)C(O)C1O)NC(=O)CCCCCCCCCCCCCCCCCC. The summed E-state index contributed by atoms with van der Waals surface area (Å²) in [7, 11) is 0. The van der Waals surface area contributed by atoms with Crippen LogP contribution >= 0.6 is 0 Å². The maximum absolute atomic E-state index is 12.8. The van der Waals surface area contributed by atoms with E-state index in [0.717, 1.165) is 32.1 Å². The molecule has 1 amide bonds. The molecule has 6 N–H and O–H groups in total. The van der Waals surface area contributed by atoms with E-state index in [9.17, 15) is 30.3 Å². The normalized spacial score (nSPS) is 22.9. The minimum atomic E-state index is -1.57. The number of carbonyl (C=O) groups is 1. The van der Waals surface area contributed by atoms with E-state index in [2.05, 4.69) is 25.2 Å². The van der Waals surface area contributed by atoms with Crippen LogP contribution in [0.4, 0.5) is 0 Å². The highest BCUT2D eigenvalue weighted by Gasteiger charge is 2.44. The lowest BCUT2D eigenvalue weighted by atomic mass is 9.99. The number of nitrogens with one attached hydrogen (secondary N) is 1. The Balaban J connectivity index is 2.41. The zero-order valence-corrected chi connectivity index (χ0v) is 30.5. The van der Waals surface area contributed by atoms with Gasteiger partial charge < -0.3 is 40.3 Å². The third kappa shape index (κ3) is 21.7. The van der Waals surface area contributed by atoms with Gasteiger partial charge in [-0.25, -0.2) is 0 Å². The molecule has 9 nitrogen and oxygen atoms in total. The Morgan fingerprint density at radius 1 is 0.708 bits per heavy atom. The highest BCUT2D eigenvalue weighted by Crippen LogP contribution is 2.22. The number of hydrogen-bond donors (Lipinski definition) is 6. The van der Waals surface area contributed by atoms with Gasteiger partial charge in [-0.3, -0.25) is 4.79 Å². The summed E-state index contributed by atoms with van der Waals surface area (Å²) in [4.78, 5) is 12.8. The third-order valence-electron chi connectivity index (χ3n) is 9.33. The molecule has 0 aromatic carbocycles. The van der Waals surface area contributed by atoms with E-state index in [1.165, 1.54) is 109 Å². The predicted molar refractivity (Wildman–Crippen MR) is 193 cm³/mol. The van der Waals surface area contributed by atoms with Crippen LogP contribution in [-0.2, 0) is 14.3 Å². The number of aliphatic hydroxyl groups excluding tert-OH is 5. The largest absolute Gasteiger partial charge is 0.394 e. The van der Waals surface area contributed by atoms with Gasteiger partial charge in [0.2, 0.25) is 5.91 Å². The van der Waals surface area contributed by atoms with Crippen molar-refractivity contribution in [3.8, 4) is 0 Å². The Morgan fingerprint density at radius 2 is 1.21 bits per heavy atom. The van der Waals surface area contributed by atoms with Crippen LogP contribution in [0.15, 0.2) is 24.3 Å². The van der Waals surface area contributed by atoms with Crippen LogP contribution in [0.25, 0.3) is 0 Å². The van der Waals surface area contributed by atoms with Gasteiger partial charge >= 0.3 is 0 Å². The van der Waals surface area contributed by atoms with Crippen molar-refractivity contribution in [2.45, 2.75) is 204 Å². The van der Waals surface area contributed by atoms with Gasteiger partial charge in [0.05, 0.1) is 25.4 Å². The minimum absolute atomic E-state index is 0.196. The summed E-state index contributed by atoms with van der Waals surface area (Å²) in [6.07, 6.45) is 26.7. The van der Waals surface area contributed by atoms with E-state index in [4.69, 9.17) is 9.47 Å². The number of rotatable bonds is 31. The zero-order valence-electron chi connectivity index (χ0n) is 30.5. The van der Waals surface area contributed by atoms with Crippen molar-refractivity contribution in [2.75, 3.05) is 13.2 Å². The molecular formula is C39H73NO8. The van der Waals surface area contributed by atoms with E-state index in [1.54, 1.807) is 12.2 Å². The molecule has 1 heterocycles. The van der Waals surface area contributed by atoms with Gasteiger partial charge in [-0.15, -0.1) is 0 Å². The number of amides is 1. The molecule has 0 bridgehead atoms. The van der Waals surface area contributed by atoms with Crippen molar-refractivity contribution in [2.24, 2.45) is 0 Å². The molecule has 0 radical (unpaired) electrons. The van der Waals surface area contributed by atoms with Crippen molar-refractivity contribution in [1.29, 1.82) is 0 Å². The molecule has 282 valence electrons. The van der Waals surface area contributed by atoms with Crippen molar-refractivity contribution in [3.05, 3.63) is 24.3 Å². The van der Waals surface area contributed by atoms with Crippen LogP contribution in [0.2, 0.25) is 0 Å². The van der Waals surface area contributed by atoms with Crippen LogP contribution in [0.3, 0.4) is 0 Å². The average molecular weight is 684 g/mol. The second-order valence-electron chi connectivity index (χ2n) is 13.8. The second kappa shape index (κ2) is 30.5. The Labute approximate surface area is 292 Å². The van der Waals surface area contributed by atoms with Gasteiger partial charge in [0.15, 0.2) is 6.29 Å². The lowest BCUT2D eigenvalue weighted by molar-refractivity contribution is -0.302. The van der Waals surface area contributed by atoms with Gasteiger partial charge in [0, 0.05) is 6.42 Å². The summed E-state index contributed by atoms with van der Waals surface area (Å²) < 4.78 is 11.1. The molecule has 0 spiro atoms. The van der Waals surface area contributed by atoms with Gasteiger partial charge in [-0.05, 0) is 19.3 Å². The second-order valence-corrected chi connectivity index (χ2v) is 13.8. The van der Waals surface area contributed by atoms with Crippen molar-refractivity contribution >= 4 is 5.91 Å². The molecule has 1 aliphatic heterocycles. The molecule has 0 aromatic heterocycles. The average Bonchev–Trinajstić information content (AvgIpc) is 3.08. The van der Waals surface area contributed by atoms with Crippen molar-refractivity contribution in [1.82, 2.24) is 5.32 Å². The molecule has 1 aliphatic rings. The Kier molecular flexibility index (Phi) is 28.4.